The third-order valence-electron chi connectivity index (χ3n) is 6.04. The second-order valence-corrected chi connectivity index (χ2v) is 8.95. The number of hydrogen-bond donors (Lipinski definition) is 2. The lowest BCUT2D eigenvalue weighted by Crippen LogP contribution is -2.59. The first-order valence-corrected chi connectivity index (χ1v) is 11.8. The summed E-state index contributed by atoms with van der Waals surface area (Å²) < 4.78 is 74.9. The zero-order chi connectivity index (χ0) is 31.0. The molecular weight excluding hydrogens is 568 g/mol. The van der Waals surface area contributed by atoms with Gasteiger partial charge in [-0.15, -0.1) is 0 Å². The van der Waals surface area contributed by atoms with E-state index in [1.165, 1.54) is 0 Å². The van der Waals surface area contributed by atoms with Gasteiger partial charge >= 0.3 is 24.3 Å². The van der Waals surface area contributed by atoms with Gasteiger partial charge in [0.25, 0.3) is 5.91 Å². The molecule has 1 amide bonds. The van der Waals surface area contributed by atoms with Crippen molar-refractivity contribution in [3.05, 3.63) is 59.9 Å². The van der Waals surface area contributed by atoms with Gasteiger partial charge in [0.15, 0.2) is 5.60 Å². The van der Waals surface area contributed by atoms with E-state index in [4.69, 9.17) is 29.3 Å². The van der Waals surface area contributed by atoms with E-state index in [-0.39, 0.29) is 11.8 Å². The maximum Gasteiger partial charge on any atom is 0.490 e. The molecule has 3 heterocycles. The number of nitrogens with zero attached hydrogens (tertiary/aromatic N) is 3. The van der Waals surface area contributed by atoms with Crippen LogP contribution in [0.3, 0.4) is 0 Å². The van der Waals surface area contributed by atoms with E-state index in [0.717, 1.165) is 23.4 Å². The van der Waals surface area contributed by atoms with Gasteiger partial charge < -0.3 is 29.5 Å². The Bertz CT molecular complexity index is 1150. The minimum absolute atomic E-state index is 0.0117. The number of methoxy groups -OCH3 is 1. The lowest BCUT2D eigenvalue weighted by Gasteiger charge is -2.42. The van der Waals surface area contributed by atoms with Crippen LogP contribution in [0.25, 0.3) is 0 Å². The minimum atomic E-state index is -5.08. The van der Waals surface area contributed by atoms with E-state index in [9.17, 15) is 31.1 Å². The summed E-state index contributed by atoms with van der Waals surface area (Å²) in [6.07, 6.45) is -6.56. The maximum atomic E-state index is 13.5. The Morgan fingerprint density at radius 2 is 1.63 bits per heavy atom. The molecule has 16 heteroatoms. The highest BCUT2D eigenvalue weighted by atomic mass is 19.4. The topological polar surface area (TPSA) is 130 Å². The van der Waals surface area contributed by atoms with Gasteiger partial charge in [0.1, 0.15) is 5.75 Å². The van der Waals surface area contributed by atoms with Crippen LogP contribution in [0.2, 0.25) is 0 Å². The molecule has 4 rings (SSSR count). The van der Waals surface area contributed by atoms with Crippen LogP contribution in [-0.4, -0.2) is 101 Å². The molecule has 226 valence electrons. The number of aromatic nitrogens is 1. The fourth-order valence-electron chi connectivity index (χ4n) is 4.23. The lowest BCUT2D eigenvalue weighted by molar-refractivity contribution is -0.193. The Morgan fingerprint density at radius 1 is 1.07 bits per heavy atom. The van der Waals surface area contributed by atoms with Crippen LogP contribution in [-0.2, 0) is 25.7 Å². The lowest BCUT2D eigenvalue weighted by atomic mass is 9.83. The molecule has 2 aromatic rings. The number of amides is 1. The molecule has 2 unspecified atom stereocenters. The highest BCUT2D eigenvalue weighted by Gasteiger charge is 2.56. The number of alkyl halides is 6. The molecule has 1 aromatic carbocycles. The molecule has 2 atom stereocenters. The van der Waals surface area contributed by atoms with Crippen LogP contribution < -0.4 is 4.74 Å². The van der Waals surface area contributed by atoms with Gasteiger partial charge in [-0.05, 0) is 36.4 Å². The molecule has 41 heavy (non-hydrogen) atoms. The number of carboxylic acids is 2. The van der Waals surface area contributed by atoms with E-state index in [1.807, 2.05) is 54.5 Å². The summed E-state index contributed by atoms with van der Waals surface area (Å²) in [5.41, 5.74) is 1.31. The molecule has 2 aliphatic rings. The highest BCUT2D eigenvalue weighted by molar-refractivity contribution is 5.88. The van der Waals surface area contributed by atoms with Crippen molar-refractivity contribution in [3.8, 4) is 5.75 Å². The molecule has 10 nitrogen and oxygen atoms in total. The number of aliphatic carboxylic acids is 2. The van der Waals surface area contributed by atoms with Gasteiger partial charge in [-0.3, -0.25) is 9.78 Å². The molecular formula is C25H27F6N3O7. The number of carboxylic acid groups (broad SMARTS) is 2. The van der Waals surface area contributed by atoms with Crippen molar-refractivity contribution in [2.45, 2.75) is 30.4 Å². The quantitative estimate of drug-likeness (QED) is 0.512. The van der Waals surface area contributed by atoms with Gasteiger partial charge in [0, 0.05) is 44.5 Å². The Kier molecular flexibility index (Phi) is 11.1. The number of pyridine rings is 1. The van der Waals surface area contributed by atoms with Gasteiger partial charge in [0.2, 0.25) is 0 Å². The van der Waals surface area contributed by atoms with E-state index in [2.05, 4.69) is 9.88 Å². The average molecular weight is 595 g/mol. The Labute approximate surface area is 230 Å². The minimum Gasteiger partial charge on any atom is -0.497 e. The molecule has 1 aromatic heterocycles. The number of hydrogen-bond acceptors (Lipinski definition) is 7. The molecule has 0 bridgehead atoms. The van der Waals surface area contributed by atoms with Crippen molar-refractivity contribution >= 4 is 17.8 Å². The summed E-state index contributed by atoms with van der Waals surface area (Å²) in [4.78, 5) is 39.7. The largest absolute Gasteiger partial charge is 0.497 e. The first-order valence-electron chi connectivity index (χ1n) is 11.8. The predicted molar refractivity (Wildman–Crippen MR) is 129 cm³/mol. The van der Waals surface area contributed by atoms with Gasteiger partial charge in [-0.25, -0.2) is 9.59 Å². The molecule has 0 saturated carbocycles. The second-order valence-electron chi connectivity index (χ2n) is 8.95. The summed E-state index contributed by atoms with van der Waals surface area (Å²) in [5, 5.41) is 14.2. The summed E-state index contributed by atoms with van der Waals surface area (Å²) >= 11 is 0. The molecule has 0 aliphatic carbocycles. The summed E-state index contributed by atoms with van der Waals surface area (Å²) in [6, 6.07) is 11.8. The van der Waals surface area contributed by atoms with Gasteiger partial charge in [-0.2, -0.15) is 26.3 Å². The third kappa shape index (κ3) is 9.04. The Morgan fingerprint density at radius 3 is 2.10 bits per heavy atom. The number of likely N-dealkylation sites (tertiary alicyclic amines) is 1. The SMILES string of the molecule is COc1ccc(CN2CCOC3(CN(C)CC3c3cccnc3)C2=O)cc1.O=C(O)C(F)(F)F.O=C(O)C(F)(F)F. The molecule has 0 radical (unpaired) electrons. The van der Waals surface area contributed by atoms with Gasteiger partial charge in [-0.1, -0.05) is 18.2 Å². The van der Waals surface area contributed by atoms with E-state index in [1.54, 1.807) is 13.3 Å². The average Bonchev–Trinajstić information content (AvgIpc) is 3.24. The zero-order valence-electron chi connectivity index (χ0n) is 21.8. The highest BCUT2D eigenvalue weighted by Crippen LogP contribution is 2.41. The van der Waals surface area contributed by atoms with E-state index < -0.39 is 29.9 Å². The second kappa shape index (κ2) is 13.6. The fourth-order valence-corrected chi connectivity index (χ4v) is 4.23. The number of carbonyl (C=O) groups is 3. The normalized spacial score (nSPS) is 20.9. The fraction of sp³-hybridized carbons (Fsp3) is 0.440. The summed E-state index contributed by atoms with van der Waals surface area (Å²) in [6.45, 7) is 3.12. The van der Waals surface area contributed by atoms with Crippen LogP contribution in [0, 0.1) is 0 Å². The third-order valence-corrected chi connectivity index (χ3v) is 6.04. The number of halogens is 6. The van der Waals surface area contributed by atoms with Gasteiger partial charge in [0.05, 0.1) is 13.7 Å². The number of carbonyl (C=O) groups excluding carboxylic acids is 1. The molecule has 2 saturated heterocycles. The van der Waals surface area contributed by atoms with Crippen molar-refractivity contribution in [1.29, 1.82) is 0 Å². The van der Waals surface area contributed by atoms with E-state index in [0.29, 0.717) is 26.2 Å². The van der Waals surface area contributed by atoms with Crippen LogP contribution >= 0.6 is 0 Å². The van der Waals surface area contributed by atoms with Crippen LogP contribution in [0.1, 0.15) is 17.0 Å². The van der Waals surface area contributed by atoms with Crippen LogP contribution in [0.5, 0.6) is 5.75 Å². The Hall–Kier alpha value is -3.92. The monoisotopic (exact) mass is 595 g/mol. The van der Waals surface area contributed by atoms with Crippen molar-refractivity contribution in [1.82, 2.24) is 14.8 Å². The molecule has 1 spiro atoms. The van der Waals surface area contributed by atoms with Crippen LogP contribution in [0.4, 0.5) is 26.3 Å². The predicted octanol–water partition coefficient (Wildman–Crippen LogP) is 3.18. The van der Waals surface area contributed by atoms with E-state index >= 15 is 0 Å². The molecule has 2 N–H and O–H groups in total. The van der Waals surface area contributed by atoms with Crippen molar-refractivity contribution in [2.24, 2.45) is 0 Å². The Balaban J connectivity index is 0.000000349. The van der Waals surface area contributed by atoms with Crippen molar-refractivity contribution in [2.75, 3.05) is 40.4 Å². The van der Waals surface area contributed by atoms with Crippen molar-refractivity contribution in [3.63, 3.8) is 0 Å². The number of rotatable bonds is 4. The standard InChI is InChI=1S/C21H25N3O3.2C2HF3O2/c1-23-14-19(17-4-3-9-22-12-17)21(15-23)20(25)24(10-11-27-21)13-16-5-7-18(26-2)8-6-16;2*3-2(4,5)1(6)7/h3-9,12,19H,10-11,13-15H2,1-2H3;2*(H,6,7). The zero-order valence-corrected chi connectivity index (χ0v) is 21.8. The number of morpholine rings is 1. The molecule has 2 aliphatic heterocycles. The summed E-state index contributed by atoms with van der Waals surface area (Å²) in [5.74, 6) is -4.64. The number of benzene rings is 1. The first kappa shape index (κ1) is 33.3. The number of ether oxygens (including phenoxy) is 2. The molecule has 2 fully saturated rings. The smallest absolute Gasteiger partial charge is 0.490 e. The maximum absolute atomic E-state index is 13.5. The van der Waals surface area contributed by atoms with Crippen LogP contribution in [0.15, 0.2) is 48.8 Å². The first-order chi connectivity index (χ1) is 19.0. The summed E-state index contributed by atoms with van der Waals surface area (Å²) in [7, 11) is 3.69. The number of likely N-dealkylation sites (N-methyl/N-ethyl adjacent to an activating group) is 1. The van der Waals surface area contributed by atoms with Crippen molar-refractivity contribution < 1.29 is 60.4 Å².